The number of pyridine rings is 1. The maximum Gasteiger partial charge on any atom is 0.100 e. The van der Waals surface area contributed by atoms with Crippen LogP contribution < -0.4 is 10.6 Å². The molecule has 0 radical (unpaired) electrons. The molecule has 0 amide bonds. The molecule has 0 saturated carbocycles. The zero-order valence-corrected chi connectivity index (χ0v) is 19.0. The number of nitrogens with zero attached hydrogens (tertiary/aromatic N) is 2. The normalized spacial score (nSPS) is 12.7. The average Bonchev–Trinajstić information content (AvgIpc) is 2.79. The predicted octanol–water partition coefficient (Wildman–Crippen LogP) is 7.16. The largest absolute Gasteiger partial charge is 0.512 e. The summed E-state index contributed by atoms with van der Waals surface area (Å²) in [6.45, 7) is 6.05. The van der Waals surface area contributed by atoms with Gasteiger partial charge in [0.15, 0.2) is 0 Å². The summed E-state index contributed by atoms with van der Waals surface area (Å²) in [4.78, 5) is 4.62. The van der Waals surface area contributed by atoms with Crippen LogP contribution in [0.15, 0.2) is 114 Å². The molecule has 31 heavy (non-hydrogen) atoms. The first kappa shape index (κ1) is 21.1. The van der Waals surface area contributed by atoms with Crippen molar-refractivity contribution in [1.82, 2.24) is 4.98 Å². The minimum atomic E-state index is -2.51. The lowest BCUT2D eigenvalue weighted by atomic mass is 9.95. The van der Waals surface area contributed by atoms with Gasteiger partial charge in [-0.3, -0.25) is 9.73 Å². The zero-order chi connectivity index (χ0) is 21.9. The molecule has 0 saturated heterocycles. The Hall–Kier alpha value is -3.16. The molecular formula is C27H27N2OP. The average molecular weight is 427 g/mol. The van der Waals surface area contributed by atoms with Crippen LogP contribution in [-0.2, 0) is 0 Å². The molecule has 0 spiro atoms. The molecule has 3 aromatic carbocycles. The number of aromatic nitrogens is 1. The van der Waals surface area contributed by atoms with Crippen LogP contribution in [0, 0.1) is 5.41 Å². The van der Waals surface area contributed by atoms with Crippen LogP contribution in [0.25, 0.3) is 10.9 Å². The quantitative estimate of drug-likeness (QED) is 0.278. The number of allylic oxidation sites excluding steroid dienone is 1. The maximum atomic E-state index is 11.1. The van der Waals surface area contributed by atoms with E-state index in [0.717, 1.165) is 27.2 Å². The van der Waals surface area contributed by atoms with Gasteiger partial charge in [-0.1, -0.05) is 99.6 Å². The summed E-state index contributed by atoms with van der Waals surface area (Å²) in [6, 6.07) is 30.6. The Bertz CT molecular complexity index is 1220. The van der Waals surface area contributed by atoms with Gasteiger partial charge in [0.25, 0.3) is 0 Å². The highest BCUT2D eigenvalue weighted by atomic mass is 31.2. The molecule has 1 aromatic heterocycles. The van der Waals surface area contributed by atoms with Crippen LogP contribution in [0.5, 0.6) is 0 Å². The van der Waals surface area contributed by atoms with Crippen LogP contribution in [0.2, 0.25) is 0 Å². The Labute approximate surface area is 184 Å². The lowest BCUT2D eigenvalue weighted by Crippen LogP contribution is -2.17. The first-order valence-electron chi connectivity index (χ1n) is 10.4. The third kappa shape index (κ3) is 4.33. The summed E-state index contributed by atoms with van der Waals surface area (Å²) in [7, 11) is -2.51. The second kappa shape index (κ2) is 8.53. The summed E-state index contributed by atoms with van der Waals surface area (Å²) in [6.07, 6.45) is 1.80. The highest BCUT2D eigenvalue weighted by molar-refractivity contribution is 7.83. The van der Waals surface area contributed by atoms with Gasteiger partial charge in [0.2, 0.25) is 0 Å². The van der Waals surface area contributed by atoms with Crippen LogP contribution in [0.1, 0.15) is 20.8 Å². The van der Waals surface area contributed by atoms with Gasteiger partial charge in [0.05, 0.1) is 18.3 Å². The van der Waals surface area contributed by atoms with Crippen LogP contribution >= 0.6 is 7.05 Å². The first-order chi connectivity index (χ1) is 14.9. The van der Waals surface area contributed by atoms with E-state index in [2.05, 4.69) is 41.4 Å². The molecule has 0 atom stereocenters. The first-order valence-corrected chi connectivity index (χ1v) is 12.2. The molecule has 156 valence electrons. The minimum Gasteiger partial charge on any atom is -0.512 e. The SMILES string of the molecule is CC(C)(C)/C(O)=C/P(=Nc1cccc2cccnc12)(c1ccccc1)c1ccccc1. The molecule has 3 nitrogen and oxygen atoms in total. The van der Waals surface area contributed by atoms with Gasteiger partial charge in [0.1, 0.15) is 5.76 Å². The fourth-order valence-corrected chi connectivity index (χ4v) is 6.84. The third-order valence-corrected chi connectivity index (χ3v) is 8.57. The van der Waals surface area contributed by atoms with Gasteiger partial charge in [-0.2, -0.15) is 0 Å². The monoisotopic (exact) mass is 426 g/mol. The summed E-state index contributed by atoms with van der Waals surface area (Å²) >= 11 is 0. The van der Waals surface area contributed by atoms with Crippen molar-refractivity contribution >= 4 is 34.3 Å². The zero-order valence-electron chi connectivity index (χ0n) is 18.1. The molecule has 0 bridgehead atoms. The molecule has 4 aromatic rings. The van der Waals surface area contributed by atoms with Gasteiger partial charge in [-0.25, -0.2) is 0 Å². The number of aliphatic hydroxyl groups is 1. The van der Waals surface area contributed by atoms with Crippen molar-refractivity contribution in [3.8, 4) is 0 Å². The lowest BCUT2D eigenvalue weighted by Gasteiger charge is -2.26. The predicted molar refractivity (Wildman–Crippen MR) is 133 cm³/mol. The number of rotatable bonds is 4. The van der Waals surface area contributed by atoms with E-state index in [0.29, 0.717) is 5.76 Å². The second-order valence-corrected chi connectivity index (χ2v) is 11.4. The van der Waals surface area contributed by atoms with E-state index < -0.39 is 7.05 Å². The Morgan fingerprint density at radius 2 is 1.39 bits per heavy atom. The second-order valence-electron chi connectivity index (χ2n) is 8.57. The van der Waals surface area contributed by atoms with Crippen molar-refractivity contribution in [2.24, 2.45) is 10.2 Å². The highest BCUT2D eigenvalue weighted by Gasteiger charge is 2.27. The molecule has 0 fully saturated rings. The number of hydrogen-bond acceptors (Lipinski definition) is 3. The van der Waals surface area contributed by atoms with Crippen molar-refractivity contribution in [3.63, 3.8) is 0 Å². The number of hydrogen-bond donors (Lipinski definition) is 1. The van der Waals surface area contributed by atoms with E-state index in [1.54, 1.807) is 6.20 Å². The van der Waals surface area contributed by atoms with E-state index in [4.69, 9.17) is 4.74 Å². The number of fused-ring (bicyclic) bond motifs is 1. The van der Waals surface area contributed by atoms with Crippen molar-refractivity contribution in [1.29, 1.82) is 0 Å². The van der Waals surface area contributed by atoms with E-state index in [1.165, 1.54) is 0 Å². The highest BCUT2D eigenvalue weighted by Crippen LogP contribution is 2.54. The van der Waals surface area contributed by atoms with Crippen LogP contribution in [0.4, 0.5) is 5.69 Å². The third-order valence-electron chi connectivity index (χ3n) is 5.25. The smallest absolute Gasteiger partial charge is 0.100 e. The summed E-state index contributed by atoms with van der Waals surface area (Å²) in [5, 5.41) is 14.4. The molecule has 0 aliphatic rings. The fraction of sp³-hybridized carbons (Fsp3) is 0.148. The van der Waals surface area contributed by atoms with E-state index in [-0.39, 0.29) is 5.41 Å². The van der Waals surface area contributed by atoms with E-state index >= 15 is 0 Å². The number of aliphatic hydroxyl groups excluding tert-OH is 1. The van der Waals surface area contributed by atoms with Gasteiger partial charge >= 0.3 is 0 Å². The summed E-state index contributed by atoms with van der Waals surface area (Å²) < 4.78 is 5.42. The van der Waals surface area contributed by atoms with Crippen molar-refractivity contribution < 1.29 is 5.11 Å². The van der Waals surface area contributed by atoms with Gasteiger partial charge in [0, 0.05) is 33.4 Å². The molecule has 1 heterocycles. The Morgan fingerprint density at radius 3 is 1.97 bits per heavy atom. The van der Waals surface area contributed by atoms with Crippen molar-refractivity contribution in [3.05, 3.63) is 109 Å². The Kier molecular flexibility index (Phi) is 5.80. The molecular weight excluding hydrogens is 399 g/mol. The standard InChI is InChI=1S/C27H27N2OP/c1-27(2,3)25(30)20-31(22-14-6-4-7-15-22,23-16-8-5-9-17-23)29-24-18-10-12-21-13-11-19-28-26(21)24/h4-20,30H,1-3H3/b25-20-. The van der Waals surface area contributed by atoms with Crippen LogP contribution in [0.3, 0.4) is 0 Å². The Balaban J connectivity index is 2.15. The summed E-state index contributed by atoms with van der Waals surface area (Å²) in [5.74, 6) is 2.34. The Morgan fingerprint density at radius 1 is 0.806 bits per heavy atom. The van der Waals surface area contributed by atoms with Crippen molar-refractivity contribution in [2.75, 3.05) is 0 Å². The molecule has 0 unspecified atom stereocenters. The molecule has 4 rings (SSSR count). The number of para-hydroxylation sites is 1. The minimum absolute atomic E-state index is 0.338. The molecule has 0 aliphatic carbocycles. The molecule has 4 heteroatoms. The van der Waals surface area contributed by atoms with Gasteiger partial charge in [-0.15, -0.1) is 0 Å². The lowest BCUT2D eigenvalue weighted by molar-refractivity contribution is 0.279. The molecule has 0 aliphatic heterocycles. The number of benzene rings is 3. The van der Waals surface area contributed by atoms with Gasteiger partial charge in [-0.05, 0) is 12.1 Å². The maximum absolute atomic E-state index is 11.1. The van der Waals surface area contributed by atoms with Crippen molar-refractivity contribution in [2.45, 2.75) is 20.8 Å². The molecule has 1 N–H and O–H groups in total. The van der Waals surface area contributed by atoms with Gasteiger partial charge < -0.3 is 5.11 Å². The van der Waals surface area contributed by atoms with Crippen LogP contribution in [-0.4, -0.2) is 10.1 Å². The topological polar surface area (TPSA) is 45.5 Å². The van der Waals surface area contributed by atoms with E-state index in [1.807, 2.05) is 81.2 Å². The summed E-state index contributed by atoms with van der Waals surface area (Å²) in [5.41, 5.74) is 1.31. The fourth-order valence-electron chi connectivity index (χ4n) is 3.46. The van der Waals surface area contributed by atoms with E-state index in [9.17, 15) is 5.11 Å².